The van der Waals surface area contributed by atoms with Crippen molar-refractivity contribution in [3.8, 4) is 11.1 Å². The lowest BCUT2D eigenvalue weighted by Gasteiger charge is -2.26. The van der Waals surface area contributed by atoms with E-state index in [1.165, 1.54) is 10.8 Å². The Morgan fingerprint density at radius 2 is 1.32 bits per heavy atom. The molecule has 198 valence electrons. The van der Waals surface area contributed by atoms with E-state index in [1.54, 1.807) is 0 Å². The maximum atomic E-state index is 6.51. The number of furan rings is 2. The standard InChI is InChI=1S/C37H28N2O2/c1-2-19-39(32-12-6-5-11-31(32)38)26-18-17-23-20-25(16-15-24(23)21-26)29-22-30-27-9-3-7-13-33(27)40-37(30)35-28-10-4-8-14-34(28)41-36(29)35/h3-18,20-22H,2,19,38H2,1H3. The van der Waals surface area contributed by atoms with Crippen molar-refractivity contribution in [3.05, 3.63) is 115 Å². The lowest BCUT2D eigenvalue weighted by atomic mass is 9.96. The Labute approximate surface area is 237 Å². The molecule has 0 aliphatic rings. The average molecular weight is 533 g/mol. The largest absolute Gasteiger partial charge is 0.455 e. The van der Waals surface area contributed by atoms with Crippen LogP contribution in [0.1, 0.15) is 13.3 Å². The Bertz CT molecular complexity index is 2260. The van der Waals surface area contributed by atoms with Crippen molar-refractivity contribution in [2.75, 3.05) is 17.2 Å². The monoisotopic (exact) mass is 532 g/mol. The molecule has 0 aliphatic carbocycles. The first kappa shape index (κ1) is 23.6. The van der Waals surface area contributed by atoms with Crippen LogP contribution in [0.2, 0.25) is 0 Å². The van der Waals surface area contributed by atoms with Gasteiger partial charge in [0.1, 0.15) is 22.3 Å². The minimum Gasteiger partial charge on any atom is -0.455 e. The van der Waals surface area contributed by atoms with Crippen LogP contribution in [0.5, 0.6) is 0 Å². The molecular formula is C37H28N2O2. The van der Waals surface area contributed by atoms with Gasteiger partial charge in [0.25, 0.3) is 0 Å². The number of hydrogen-bond acceptors (Lipinski definition) is 4. The van der Waals surface area contributed by atoms with Crippen molar-refractivity contribution in [1.29, 1.82) is 0 Å². The lowest BCUT2D eigenvalue weighted by molar-refractivity contribution is 0.663. The number of rotatable bonds is 5. The number of benzene rings is 6. The van der Waals surface area contributed by atoms with Crippen molar-refractivity contribution in [1.82, 2.24) is 0 Å². The van der Waals surface area contributed by atoms with E-state index in [2.05, 4.69) is 84.6 Å². The van der Waals surface area contributed by atoms with Gasteiger partial charge in [-0.05, 0) is 71.3 Å². The van der Waals surface area contributed by atoms with Gasteiger partial charge in [-0.1, -0.05) is 73.7 Å². The third-order valence-corrected chi connectivity index (χ3v) is 8.11. The molecule has 0 saturated carbocycles. The topological polar surface area (TPSA) is 55.5 Å². The summed E-state index contributed by atoms with van der Waals surface area (Å²) in [5.74, 6) is 0. The fraction of sp³-hybridized carbons (Fsp3) is 0.0811. The zero-order chi connectivity index (χ0) is 27.5. The van der Waals surface area contributed by atoms with Crippen LogP contribution in [0.15, 0.2) is 124 Å². The fourth-order valence-corrected chi connectivity index (χ4v) is 6.19. The minimum atomic E-state index is 0.786. The third-order valence-electron chi connectivity index (χ3n) is 8.11. The van der Waals surface area contributed by atoms with E-state index in [1.807, 2.05) is 42.5 Å². The summed E-state index contributed by atoms with van der Waals surface area (Å²) in [5, 5.41) is 6.64. The van der Waals surface area contributed by atoms with Crippen molar-refractivity contribution in [2.24, 2.45) is 0 Å². The summed E-state index contributed by atoms with van der Waals surface area (Å²) in [6.07, 6.45) is 1.02. The van der Waals surface area contributed by atoms with Crippen molar-refractivity contribution in [3.63, 3.8) is 0 Å². The van der Waals surface area contributed by atoms with Gasteiger partial charge in [0.05, 0.1) is 16.8 Å². The van der Waals surface area contributed by atoms with Crippen molar-refractivity contribution in [2.45, 2.75) is 13.3 Å². The summed E-state index contributed by atoms with van der Waals surface area (Å²) in [4.78, 5) is 2.30. The highest BCUT2D eigenvalue weighted by molar-refractivity contribution is 6.25. The van der Waals surface area contributed by atoms with E-state index in [0.29, 0.717) is 0 Å². The summed E-state index contributed by atoms with van der Waals surface area (Å²) in [5.41, 5.74) is 15.0. The molecule has 0 radical (unpaired) electrons. The van der Waals surface area contributed by atoms with Gasteiger partial charge >= 0.3 is 0 Å². The second kappa shape index (κ2) is 9.17. The number of nitrogen functional groups attached to an aromatic ring is 1. The van der Waals surface area contributed by atoms with Crippen LogP contribution in [0.4, 0.5) is 17.1 Å². The Balaban J connectivity index is 1.32. The summed E-state index contributed by atoms with van der Waals surface area (Å²) in [7, 11) is 0. The van der Waals surface area contributed by atoms with E-state index in [-0.39, 0.29) is 0 Å². The molecule has 0 spiro atoms. The molecule has 6 aromatic carbocycles. The third kappa shape index (κ3) is 3.68. The second-order valence-corrected chi connectivity index (χ2v) is 10.7. The molecule has 0 unspecified atom stereocenters. The van der Waals surface area contributed by atoms with E-state index < -0.39 is 0 Å². The first-order valence-electron chi connectivity index (χ1n) is 14.1. The molecule has 0 fully saturated rings. The molecule has 2 aromatic heterocycles. The van der Waals surface area contributed by atoms with Gasteiger partial charge < -0.3 is 19.5 Å². The second-order valence-electron chi connectivity index (χ2n) is 10.7. The predicted octanol–water partition coefficient (Wildman–Crippen LogP) is 10.4. The highest BCUT2D eigenvalue weighted by atomic mass is 16.3. The van der Waals surface area contributed by atoms with Gasteiger partial charge in [0, 0.05) is 34.0 Å². The highest BCUT2D eigenvalue weighted by Gasteiger charge is 2.21. The first-order chi connectivity index (χ1) is 20.2. The molecule has 0 atom stereocenters. The van der Waals surface area contributed by atoms with Crippen molar-refractivity contribution < 1.29 is 8.83 Å². The molecule has 2 heterocycles. The number of anilines is 3. The number of fused-ring (bicyclic) bond motifs is 8. The maximum Gasteiger partial charge on any atom is 0.147 e. The van der Waals surface area contributed by atoms with Gasteiger partial charge in [-0.2, -0.15) is 0 Å². The Hall–Kier alpha value is -5.22. The lowest BCUT2D eigenvalue weighted by Crippen LogP contribution is -2.19. The van der Waals surface area contributed by atoms with E-state index >= 15 is 0 Å². The minimum absolute atomic E-state index is 0.786. The molecule has 8 aromatic rings. The maximum absolute atomic E-state index is 6.51. The van der Waals surface area contributed by atoms with Crippen LogP contribution in [-0.4, -0.2) is 6.54 Å². The van der Waals surface area contributed by atoms with Gasteiger partial charge in [-0.25, -0.2) is 0 Å². The molecule has 0 amide bonds. The van der Waals surface area contributed by atoms with E-state index in [4.69, 9.17) is 14.6 Å². The molecule has 2 N–H and O–H groups in total. The molecule has 8 rings (SSSR count). The molecule has 4 heteroatoms. The Morgan fingerprint density at radius 1 is 0.634 bits per heavy atom. The van der Waals surface area contributed by atoms with Gasteiger partial charge in [0.2, 0.25) is 0 Å². The number of nitrogens with zero attached hydrogens (tertiary/aromatic N) is 1. The fourth-order valence-electron chi connectivity index (χ4n) is 6.19. The van der Waals surface area contributed by atoms with Crippen LogP contribution < -0.4 is 10.6 Å². The van der Waals surface area contributed by atoms with E-state index in [0.717, 1.165) is 85.0 Å². The van der Waals surface area contributed by atoms with Gasteiger partial charge in [0.15, 0.2) is 0 Å². The molecule has 0 aliphatic heterocycles. The molecule has 0 saturated heterocycles. The van der Waals surface area contributed by atoms with Crippen LogP contribution in [-0.2, 0) is 0 Å². The highest BCUT2D eigenvalue weighted by Crippen LogP contribution is 2.44. The first-order valence-corrected chi connectivity index (χ1v) is 14.1. The average Bonchev–Trinajstić information content (AvgIpc) is 3.58. The van der Waals surface area contributed by atoms with Crippen LogP contribution in [0.3, 0.4) is 0 Å². The SMILES string of the molecule is CCCN(c1ccc2cc(-c3cc4c5ccccc5oc4c4c3oc3ccccc34)ccc2c1)c1ccccc1N. The quantitative estimate of drug-likeness (QED) is 0.224. The Morgan fingerprint density at radius 3 is 2.15 bits per heavy atom. The van der Waals surface area contributed by atoms with E-state index in [9.17, 15) is 0 Å². The van der Waals surface area contributed by atoms with Crippen LogP contribution >= 0.6 is 0 Å². The van der Waals surface area contributed by atoms with Gasteiger partial charge in [-0.3, -0.25) is 0 Å². The van der Waals surface area contributed by atoms with Crippen molar-refractivity contribution >= 4 is 71.7 Å². The summed E-state index contributed by atoms with van der Waals surface area (Å²) < 4.78 is 12.9. The van der Waals surface area contributed by atoms with Crippen LogP contribution in [0, 0.1) is 0 Å². The van der Waals surface area contributed by atoms with Crippen LogP contribution in [0.25, 0.3) is 65.8 Å². The zero-order valence-corrected chi connectivity index (χ0v) is 22.7. The summed E-state index contributed by atoms with van der Waals surface area (Å²) in [6.45, 7) is 3.08. The molecule has 4 nitrogen and oxygen atoms in total. The molecular weight excluding hydrogens is 504 g/mol. The smallest absolute Gasteiger partial charge is 0.147 e. The van der Waals surface area contributed by atoms with Gasteiger partial charge in [-0.15, -0.1) is 0 Å². The normalized spacial score (nSPS) is 11.8. The number of nitrogens with two attached hydrogens (primary N) is 1. The molecule has 0 bridgehead atoms. The summed E-state index contributed by atoms with van der Waals surface area (Å²) in [6, 6.07) is 40.1. The predicted molar refractivity (Wildman–Crippen MR) is 172 cm³/mol. The number of para-hydroxylation sites is 4. The number of hydrogen-bond donors (Lipinski definition) is 1. The zero-order valence-electron chi connectivity index (χ0n) is 22.7. The molecule has 41 heavy (non-hydrogen) atoms. The summed E-state index contributed by atoms with van der Waals surface area (Å²) >= 11 is 0. The Kier molecular flexibility index (Phi) is 5.29.